The van der Waals surface area contributed by atoms with Gasteiger partial charge < -0.3 is 19.7 Å². The van der Waals surface area contributed by atoms with Gasteiger partial charge in [-0.15, -0.1) is 0 Å². The molecule has 2 heterocycles. The van der Waals surface area contributed by atoms with Gasteiger partial charge in [0.25, 0.3) is 5.91 Å². The molecule has 1 aliphatic heterocycles. The highest BCUT2D eigenvalue weighted by atomic mass is 16.5. The number of H-pyrrole nitrogens is 1. The summed E-state index contributed by atoms with van der Waals surface area (Å²) in [6.07, 6.45) is 1.49. The summed E-state index contributed by atoms with van der Waals surface area (Å²) in [5, 5.41) is 8.86. The van der Waals surface area contributed by atoms with Gasteiger partial charge in [0, 0.05) is 30.8 Å². The Bertz CT molecular complexity index is 664. The molecule has 7 heteroatoms. The van der Waals surface area contributed by atoms with Crippen molar-refractivity contribution in [1.29, 1.82) is 0 Å². The van der Waals surface area contributed by atoms with E-state index in [1.54, 1.807) is 11.8 Å². The van der Waals surface area contributed by atoms with Gasteiger partial charge in [0.2, 0.25) is 0 Å². The van der Waals surface area contributed by atoms with Crippen LogP contribution in [0.3, 0.4) is 0 Å². The molecule has 3 rings (SSSR count). The van der Waals surface area contributed by atoms with Crippen LogP contribution in [0.1, 0.15) is 51.4 Å². The smallest absolute Gasteiger partial charge is 0.306 e. The quantitative estimate of drug-likeness (QED) is 0.870. The monoisotopic (exact) mass is 320 g/mol. The van der Waals surface area contributed by atoms with Crippen LogP contribution in [0.25, 0.3) is 0 Å². The lowest BCUT2D eigenvalue weighted by atomic mass is 9.93. The maximum absolute atomic E-state index is 12.8. The van der Waals surface area contributed by atoms with E-state index in [4.69, 9.17) is 9.84 Å². The Labute approximate surface area is 133 Å². The number of rotatable bonds is 3. The van der Waals surface area contributed by atoms with E-state index < -0.39 is 12.1 Å². The Morgan fingerprint density at radius 3 is 2.87 bits per heavy atom. The predicted molar refractivity (Wildman–Crippen MR) is 80.7 cm³/mol. The Balaban J connectivity index is 1.80. The van der Waals surface area contributed by atoms with Crippen LogP contribution in [-0.2, 0) is 16.0 Å². The van der Waals surface area contributed by atoms with Gasteiger partial charge in [0.05, 0.1) is 19.1 Å². The van der Waals surface area contributed by atoms with E-state index in [-0.39, 0.29) is 24.7 Å². The summed E-state index contributed by atoms with van der Waals surface area (Å²) < 4.78 is 5.39. The number of nitrogens with zero attached hydrogens (tertiary/aromatic N) is 1. The van der Waals surface area contributed by atoms with Crippen LogP contribution in [0.15, 0.2) is 0 Å². The second-order valence-corrected chi connectivity index (χ2v) is 6.10. The van der Waals surface area contributed by atoms with Gasteiger partial charge in [-0.05, 0) is 25.3 Å². The average molecular weight is 320 g/mol. The lowest BCUT2D eigenvalue weighted by molar-refractivity contribution is -0.141. The van der Waals surface area contributed by atoms with Crippen molar-refractivity contribution in [1.82, 2.24) is 9.88 Å². The molecule has 2 N–H and O–H groups in total. The fourth-order valence-corrected chi connectivity index (χ4v) is 3.37. The van der Waals surface area contributed by atoms with Crippen LogP contribution < -0.4 is 0 Å². The Morgan fingerprint density at radius 1 is 1.39 bits per heavy atom. The minimum Gasteiger partial charge on any atom is -0.481 e. The van der Waals surface area contributed by atoms with Crippen LogP contribution in [0, 0.1) is 6.92 Å². The third kappa shape index (κ3) is 3.01. The summed E-state index contributed by atoms with van der Waals surface area (Å²) >= 11 is 0. The maximum Gasteiger partial charge on any atom is 0.306 e. The minimum atomic E-state index is -0.943. The van der Waals surface area contributed by atoms with Gasteiger partial charge in [-0.25, -0.2) is 0 Å². The zero-order valence-electron chi connectivity index (χ0n) is 13.1. The van der Waals surface area contributed by atoms with E-state index in [1.165, 1.54) is 0 Å². The van der Waals surface area contributed by atoms with Crippen molar-refractivity contribution in [2.75, 3.05) is 19.7 Å². The maximum atomic E-state index is 12.8. The van der Waals surface area contributed by atoms with E-state index >= 15 is 0 Å². The molecule has 1 atom stereocenters. The molecule has 1 saturated heterocycles. The van der Waals surface area contributed by atoms with Gasteiger partial charge in [0.1, 0.15) is 5.69 Å². The van der Waals surface area contributed by atoms with Crippen LogP contribution in [-0.4, -0.2) is 58.5 Å². The number of ketones is 1. The molecule has 1 aromatic rings. The number of fused-ring (bicyclic) bond motifs is 1. The number of amides is 1. The van der Waals surface area contributed by atoms with Crippen molar-refractivity contribution in [2.45, 2.75) is 38.7 Å². The number of hydrogen-bond donors (Lipinski definition) is 2. The molecule has 23 heavy (non-hydrogen) atoms. The molecule has 1 aromatic heterocycles. The molecule has 1 fully saturated rings. The van der Waals surface area contributed by atoms with Crippen molar-refractivity contribution in [3.05, 3.63) is 22.5 Å². The minimum absolute atomic E-state index is 0.0878. The SMILES string of the molecule is Cc1c(C(=O)N2CCOC(CC(=O)O)C2)[nH]c2c1C(=O)CCC2. The molecule has 1 unspecified atom stereocenters. The highest BCUT2D eigenvalue weighted by molar-refractivity contribution is 6.04. The number of morpholine rings is 1. The summed E-state index contributed by atoms with van der Waals surface area (Å²) in [6, 6.07) is 0. The number of carboxylic acids is 1. The highest BCUT2D eigenvalue weighted by Gasteiger charge is 2.31. The van der Waals surface area contributed by atoms with Crippen molar-refractivity contribution < 1.29 is 24.2 Å². The number of aryl methyl sites for hydroxylation is 1. The van der Waals surface area contributed by atoms with E-state index in [0.717, 1.165) is 18.5 Å². The summed E-state index contributed by atoms with van der Waals surface area (Å²) in [7, 11) is 0. The molecule has 1 amide bonds. The molecular weight excluding hydrogens is 300 g/mol. The largest absolute Gasteiger partial charge is 0.481 e. The van der Waals surface area contributed by atoms with Crippen LogP contribution >= 0.6 is 0 Å². The van der Waals surface area contributed by atoms with Gasteiger partial charge in [-0.3, -0.25) is 14.4 Å². The number of Topliss-reactive ketones (excluding diaryl/α,β-unsaturated/α-hetero) is 1. The first-order valence-corrected chi connectivity index (χ1v) is 7.84. The van der Waals surface area contributed by atoms with E-state index in [9.17, 15) is 14.4 Å². The Kier molecular flexibility index (Phi) is 4.21. The zero-order valence-corrected chi connectivity index (χ0v) is 13.1. The topological polar surface area (TPSA) is 99.7 Å². The summed E-state index contributed by atoms with van der Waals surface area (Å²) in [5.74, 6) is -1.05. The molecule has 0 aromatic carbocycles. The molecule has 7 nitrogen and oxygen atoms in total. The van der Waals surface area contributed by atoms with Crippen molar-refractivity contribution >= 4 is 17.7 Å². The number of ether oxygens (including phenoxy) is 1. The van der Waals surface area contributed by atoms with Gasteiger partial charge in [-0.2, -0.15) is 0 Å². The Hall–Kier alpha value is -2.15. The lowest BCUT2D eigenvalue weighted by Crippen LogP contribution is -2.46. The van der Waals surface area contributed by atoms with Gasteiger partial charge >= 0.3 is 5.97 Å². The molecular formula is C16H20N2O5. The van der Waals surface area contributed by atoms with Crippen molar-refractivity contribution in [3.8, 4) is 0 Å². The fourth-order valence-electron chi connectivity index (χ4n) is 3.37. The molecule has 2 aliphatic rings. The van der Waals surface area contributed by atoms with Crippen molar-refractivity contribution in [3.63, 3.8) is 0 Å². The third-order valence-corrected chi connectivity index (χ3v) is 4.48. The van der Waals surface area contributed by atoms with E-state index in [0.29, 0.717) is 36.4 Å². The molecule has 0 spiro atoms. The first kappa shape index (κ1) is 15.7. The third-order valence-electron chi connectivity index (χ3n) is 4.48. The summed E-state index contributed by atoms with van der Waals surface area (Å²) in [5.41, 5.74) is 2.66. The number of aromatic amines is 1. The highest BCUT2D eigenvalue weighted by Crippen LogP contribution is 2.27. The number of carboxylic acid groups (broad SMARTS) is 1. The number of carbonyl (C=O) groups excluding carboxylic acids is 2. The second kappa shape index (κ2) is 6.16. The van der Waals surface area contributed by atoms with Gasteiger partial charge in [-0.1, -0.05) is 0 Å². The predicted octanol–water partition coefficient (Wildman–Crippen LogP) is 1.16. The van der Waals surface area contributed by atoms with E-state index in [1.807, 2.05) is 0 Å². The molecule has 124 valence electrons. The average Bonchev–Trinajstić information content (AvgIpc) is 2.84. The lowest BCUT2D eigenvalue weighted by Gasteiger charge is -2.32. The van der Waals surface area contributed by atoms with Crippen LogP contribution in [0.5, 0.6) is 0 Å². The standard InChI is InChI=1S/C16H20N2O5/c1-9-14-11(3-2-4-12(14)19)17-15(9)16(22)18-5-6-23-10(8-18)7-13(20)21/h10,17H,2-8H2,1H3,(H,20,21). The first-order chi connectivity index (χ1) is 11.0. The second-order valence-electron chi connectivity index (χ2n) is 6.10. The fraction of sp³-hybridized carbons (Fsp3) is 0.562. The van der Waals surface area contributed by atoms with Crippen LogP contribution in [0.2, 0.25) is 0 Å². The number of carbonyl (C=O) groups is 3. The summed E-state index contributed by atoms with van der Waals surface area (Å²) in [6.45, 7) is 2.79. The van der Waals surface area contributed by atoms with E-state index in [2.05, 4.69) is 4.98 Å². The molecule has 1 aliphatic carbocycles. The zero-order chi connectivity index (χ0) is 16.6. The van der Waals surface area contributed by atoms with Crippen molar-refractivity contribution in [2.24, 2.45) is 0 Å². The normalized spacial score (nSPS) is 21.2. The Morgan fingerprint density at radius 2 is 2.17 bits per heavy atom. The first-order valence-electron chi connectivity index (χ1n) is 7.84. The number of aromatic nitrogens is 1. The number of hydrogen-bond acceptors (Lipinski definition) is 4. The summed E-state index contributed by atoms with van der Waals surface area (Å²) in [4.78, 5) is 40.3. The molecule has 0 bridgehead atoms. The molecule has 0 saturated carbocycles. The van der Waals surface area contributed by atoms with Crippen LogP contribution in [0.4, 0.5) is 0 Å². The molecule has 0 radical (unpaired) electrons. The number of aliphatic carboxylic acids is 1. The number of nitrogens with one attached hydrogen (secondary N) is 1. The van der Waals surface area contributed by atoms with Gasteiger partial charge in [0.15, 0.2) is 5.78 Å².